The number of thioether (sulfide) groups is 1. The molecule has 1 unspecified atom stereocenters. The standard InChI is InChI=1S/C24H33NO5S2/c1-4-6-12-24(5-2)16-25(18-10-8-7-9-11-18)19-13-21(31-3)20(30-15-23(26)27)14-22(19)32(28,29)17-24/h7-11,13-14,28-29H,4-6,12,15-17H2,1-3H3,(H,26,27). The van der Waals surface area contributed by atoms with Crippen molar-refractivity contribution in [3.63, 3.8) is 0 Å². The molecule has 1 heterocycles. The molecule has 2 aromatic rings. The van der Waals surface area contributed by atoms with Crippen molar-refractivity contribution in [2.45, 2.75) is 49.3 Å². The maximum Gasteiger partial charge on any atom is 0.341 e. The predicted molar refractivity (Wildman–Crippen MR) is 133 cm³/mol. The molecule has 2 aromatic carbocycles. The molecule has 0 radical (unpaired) electrons. The fraction of sp³-hybridized carbons (Fsp3) is 0.458. The van der Waals surface area contributed by atoms with Crippen LogP contribution in [0.1, 0.15) is 39.5 Å². The van der Waals surface area contributed by atoms with Gasteiger partial charge in [0, 0.05) is 29.5 Å². The molecule has 32 heavy (non-hydrogen) atoms. The molecule has 1 aliphatic rings. The Hall–Kier alpha value is -1.87. The fourth-order valence-corrected chi connectivity index (χ4v) is 7.12. The van der Waals surface area contributed by atoms with Crippen LogP contribution in [-0.4, -0.2) is 45.3 Å². The van der Waals surface area contributed by atoms with Gasteiger partial charge < -0.3 is 14.7 Å². The lowest BCUT2D eigenvalue weighted by Gasteiger charge is -2.41. The number of benzene rings is 2. The molecule has 0 bridgehead atoms. The van der Waals surface area contributed by atoms with Gasteiger partial charge in [-0.2, -0.15) is 10.6 Å². The van der Waals surface area contributed by atoms with E-state index in [9.17, 15) is 13.9 Å². The smallest absolute Gasteiger partial charge is 0.341 e. The van der Waals surface area contributed by atoms with Crippen LogP contribution in [0.4, 0.5) is 11.4 Å². The Morgan fingerprint density at radius 1 is 1.22 bits per heavy atom. The number of nitrogens with zero attached hydrogens (tertiary/aromatic N) is 1. The van der Waals surface area contributed by atoms with E-state index in [0.29, 0.717) is 17.2 Å². The van der Waals surface area contributed by atoms with Crippen LogP contribution in [0.15, 0.2) is 52.3 Å². The van der Waals surface area contributed by atoms with Crippen molar-refractivity contribution in [2.75, 3.05) is 30.1 Å². The van der Waals surface area contributed by atoms with E-state index in [1.54, 1.807) is 6.07 Å². The third-order valence-electron chi connectivity index (χ3n) is 6.12. The van der Waals surface area contributed by atoms with E-state index in [-0.39, 0.29) is 11.2 Å². The first kappa shape index (κ1) is 24.8. The molecule has 1 aliphatic heterocycles. The highest BCUT2D eigenvalue weighted by Gasteiger charge is 2.42. The van der Waals surface area contributed by atoms with E-state index < -0.39 is 23.2 Å². The molecule has 0 amide bonds. The van der Waals surface area contributed by atoms with E-state index >= 15 is 0 Å². The van der Waals surface area contributed by atoms with Crippen LogP contribution >= 0.6 is 22.4 Å². The monoisotopic (exact) mass is 479 g/mol. The molecule has 0 saturated carbocycles. The number of carbonyl (C=O) groups is 1. The molecule has 3 N–H and O–H groups in total. The highest BCUT2D eigenvalue weighted by atomic mass is 32.3. The van der Waals surface area contributed by atoms with Gasteiger partial charge in [-0.25, -0.2) is 4.79 Å². The number of ether oxygens (including phenoxy) is 1. The van der Waals surface area contributed by atoms with Gasteiger partial charge >= 0.3 is 5.97 Å². The van der Waals surface area contributed by atoms with Gasteiger partial charge in [-0.1, -0.05) is 44.9 Å². The summed E-state index contributed by atoms with van der Waals surface area (Å²) >= 11 is 1.45. The highest BCUT2D eigenvalue weighted by molar-refractivity contribution is 8.24. The summed E-state index contributed by atoms with van der Waals surface area (Å²) in [6.45, 7) is 4.47. The molecule has 0 aliphatic carbocycles. The maximum absolute atomic E-state index is 11.4. The summed E-state index contributed by atoms with van der Waals surface area (Å²) in [5, 5.41) is 9.06. The van der Waals surface area contributed by atoms with Crippen LogP contribution in [0.25, 0.3) is 0 Å². The van der Waals surface area contributed by atoms with Crippen LogP contribution < -0.4 is 9.64 Å². The third kappa shape index (κ3) is 5.36. The summed E-state index contributed by atoms with van der Waals surface area (Å²) in [7, 11) is -3.13. The van der Waals surface area contributed by atoms with Crippen molar-refractivity contribution in [3.8, 4) is 5.75 Å². The highest BCUT2D eigenvalue weighted by Crippen LogP contribution is 2.62. The zero-order valence-electron chi connectivity index (χ0n) is 18.9. The van der Waals surface area contributed by atoms with Crippen LogP contribution in [0.5, 0.6) is 5.75 Å². The van der Waals surface area contributed by atoms with Crippen LogP contribution in [0.2, 0.25) is 0 Å². The molecule has 1 atom stereocenters. The second kappa shape index (κ2) is 10.4. The number of unbranched alkanes of at least 4 members (excludes halogenated alkanes) is 1. The third-order valence-corrected chi connectivity index (χ3v) is 8.92. The maximum atomic E-state index is 11.4. The second-order valence-electron chi connectivity index (χ2n) is 8.34. The van der Waals surface area contributed by atoms with Crippen molar-refractivity contribution in [2.24, 2.45) is 5.41 Å². The van der Waals surface area contributed by atoms with E-state index in [1.165, 1.54) is 11.8 Å². The zero-order chi connectivity index (χ0) is 23.4. The number of para-hydroxylation sites is 1. The van der Waals surface area contributed by atoms with Crippen LogP contribution in [0.3, 0.4) is 0 Å². The van der Waals surface area contributed by atoms with Crippen molar-refractivity contribution in [1.29, 1.82) is 0 Å². The van der Waals surface area contributed by atoms with Gasteiger partial charge in [-0.05, 0) is 37.3 Å². The lowest BCUT2D eigenvalue weighted by atomic mass is 9.81. The molecular weight excluding hydrogens is 446 g/mol. The number of carboxylic acid groups (broad SMARTS) is 1. The van der Waals surface area contributed by atoms with Gasteiger partial charge in [-0.15, -0.1) is 11.8 Å². The average molecular weight is 480 g/mol. The van der Waals surface area contributed by atoms with Crippen LogP contribution in [0, 0.1) is 5.41 Å². The molecule has 8 heteroatoms. The number of aliphatic carboxylic acids is 1. The predicted octanol–water partition coefficient (Wildman–Crippen LogP) is 6.72. The number of anilines is 2. The summed E-state index contributed by atoms with van der Waals surface area (Å²) in [5.41, 5.74) is 1.48. The van der Waals surface area contributed by atoms with Gasteiger partial charge in [0.2, 0.25) is 0 Å². The first-order valence-electron chi connectivity index (χ1n) is 10.9. The molecule has 176 valence electrons. The van der Waals surface area contributed by atoms with E-state index in [1.807, 2.05) is 42.7 Å². The molecule has 3 rings (SSSR count). The normalized spacial score (nSPS) is 20.8. The largest absolute Gasteiger partial charge is 0.481 e. The topological polar surface area (TPSA) is 90.2 Å². The molecule has 6 nitrogen and oxygen atoms in total. The lowest BCUT2D eigenvalue weighted by molar-refractivity contribution is -0.139. The lowest BCUT2D eigenvalue weighted by Crippen LogP contribution is -2.37. The van der Waals surface area contributed by atoms with Gasteiger partial charge in [-0.3, -0.25) is 9.11 Å². The van der Waals surface area contributed by atoms with Crippen molar-refractivity contribution < 1.29 is 23.7 Å². The van der Waals surface area contributed by atoms with Gasteiger partial charge in [0.1, 0.15) is 5.75 Å². The van der Waals surface area contributed by atoms with E-state index in [4.69, 9.17) is 9.84 Å². The SMILES string of the molecule is CCCCC1(CC)CN(c2ccccc2)c2cc(SC)c(OCC(=O)O)cc2S(O)(O)C1. The Kier molecular flexibility index (Phi) is 8.03. The first-order chi connectivity index (χ1) is 15.2. The Labute approximate surface area is 196 Å². The number of hydrogen-bond acceptors (Lipinski definition) is 6. The van der Waals surface area contributed by atoms with Crippen molar-refractivity contribution in [3.05, 3.63) is 42.5 Å². The quantitative estimate of drug-likeness (QED) is 0.344. The minimum atomic E-state index is -3.13. The second-order valence-corrected chi connectivity index (χ2v) is 11.3. The van der Waals surface area contributed by atoms with Crippen molar-refractivity contribution >= 4 is 39.7 Å². The minimum Gasteiger partial charge on any atom is -0.481 e. The van der Waals surface area contributed by atoms with Gasteiger partial charge in [0.15, 0.2) is 6.61 Å². The summed E-state index contributed by atoms with van der Waals surface area (Å²) < 4.78 is 28.4. The number of hydrogen-bond donors (Lipinski definition) is 3. The van der Waals surface area contributed by atoms with Crippen molar-refractivity contribution in [1.82, 2.24) is 0 Å². The summed E-state index contributed by atoms with van der Waals surface area (Å²) in [4.78, 5) is 14.4. The molecule has 0 spiro atoms. The number of carboxylic acids is 1. The molecular formula is C24H33NO5S2. The Bertz CT molecular complexity index is 937. The molecule has 0 aromatic heterocycles. The Balaban J connectivity index is 2.21. The Morgan fingerprint density at radius 2 is 1.94 bits per heavy atom. The Morgan fingerprint density at radius 3 is 2.53 bits per heavy atom. The fourth-order valence-electron chi connectivity index (χ4n) is 4.32. The average Bonchev–Trinajstić information content (AvgIpc) is 2.88. The van der Waals surface area contributed by atoms with Crippen LogP contribution in [-0.2, 0) is 4.79 Å². The molecule has 0 fully saturated rings. The first-order valence-corrected chi connectivity index (χ1v) is 13.8. The molecule has 0 saturated heterocycles. The van der Waals surface area contributed by atoms with Gasteiger partial charge in [0.25, 0.3) is 0 Å². The number of fused-ring (bicyclic) bond motifs is 1. The minimum absolute atomic E-state index is 0.259. The van der Waals surface area contributed by atoms with E-state index in [0.717, 1.165) is 42.0 Å². The summed E-state index contributed by atoms with van der Waals surface area (Å²) in [5.74, 6) is -0.428. The van der Waals surface area contributed by atoms with E-state index in [2.05, 4.69) is 18.7 Å². The zero-order valence-corrected chi connectivity index (χ0v) is 20.5. The summed E-state index contributed by atoms with van der Waals surface area (Å²) in [6.07, 6.45) is 5.70. The number of rotatable bonds is 9. The van der Waals surface area contributed by atoms with Gasteiger partial charge in [0.05, 0.1) is 15.5 Å². The summed E-state index contributed by atoms with van der Waals surface area (Å²) in [6, 6.07) is 13.6.